The summed E-state index contributed by atoms with van der Waals surface area (Å²) >= 11 is 0. The van der Waals surface area contributed by atoms with Gasteiger partial charge in [-0.15, -0.1) is 0 Å². The Morgan fingerprint density at radius 3 is 1.79 bits per heavy atom. The molecule has 19 heavy (non-hydrogen) atoms. The van der Waals surface area contributed by atoms with E-state index in [4.69, 9.17) is 5.11 Å². The molecule has 7 heteroatoms. The van der Waals surface area contributed by atoms with Gasteiger partial charge in [-0.3, -0.25) is 9.59 Å². The SMILES string of the molecule is CN(C)C(=O)CN(C)C(=O)N(CC(=O)O)C(C)(C)C. The summed E-state index contributed by atoms with van der Waals surface area (Å²) in [4.78, 5) is 38.4. The molecule has 7 nitrogen and oxygen atoms in total. The zero-order valence-corrected chi connectivity index (χ0v) is 12.4. The predicted octanol–water partition coefficient (Wildman–Crippen LogP) is 0.312. The minimum Gasteiger partial charge on any atom is -0.480 e. The highest BCUT2D eigenvalue weighted by Gasteiger charge is 2.31. The Hall–Kier alpha value is -1.79. The van der Waals surface area contributed by atoms with Gasteiger partial charge in [-0.1, -0.05) is 0 Å². The van der Waals surface area contributed by atoms with E-state index in [1.165, 1.54) is 21.7 Å². The third-order valence-corrected chi connectivity index (χ3v) is 2.53. The Kier molecular flexibility index (Phi) is 5.80. The van der Waals surface area contributed by atoms with Crippen molar-refractivity contribution in [2.45, 2.75) is 26.3 Å². The molecule has 0 heterocycles. The Labute approximate surface area is 113 Å². The molecule has 0 aliphatic carbocycles. The number of carboxylic acid groups (broad SMARTS) is 1. The molecule has 0 radical (unpaired) electrons. The second-order valence-corrected chi connectivity index (χ2v) is 5.58. The number of urea groups is 1. The van der Waals surface area contributed by atoms with Crippen LogP contribution in [0.5, 0.6) is 0 Å². The van der Waals surface area contributed by atoms with Crippen LogP contribution in [0.3, 0.4) is 0 Å². The molecule has 0 rings (SSSR count). The van der Waals surface area contributed by atoms with E-state index in [-0.39, 0.29) is 12.5 Å². The first-order chi connectivity index (χ1) is 8.46. The van der Waals surface area contributed by atoms with Gasteiger partial charge in [0.25, 0.3) is 0 Å². The van der Waals surface area contributed by atoms with Gasteiger partial charge in [0.2, 0.25) is 5.91 Å². The molecule has 0 atom stereocenters. The van der Waals surface area contributed by atoms with Crippen molar-refractivity contribution in [2.24, 2.45) is 0 Å². The van der Waals surface area contributed by atoms with Crippen LogP contribution in [-0.2, 0) is 9.59 Å². The van der Waals surface area contributed by atoms with Crippen LogP contribution in [-0.4, -0.2) is 77.5 Å². The predicted molar refractivity (Wildman–Crippen MR) is 70.8 cm³/mol. The van der Waals surface area contributed by atoms with Gasteiger partial charge in [0.1, 0.15) is 13.1 Å². The lowest BCUT2D eigenvalue weighted by molar-refractivity contribution is -0.138. The minimum absolute atomic E-state index is 0.0853. The number of rotatable bonds is 4. The average Bonchev–Trinajstić information content (AvgIpc) is 2.22. The Bertz CT molecular complexity index is 360. The molecule has 3 amide bonds. The number of amides is 3. The van der Waals surface area contributed by atoms with E-state index in [1.807, 2.05) is 0 Å². The van der Waals surface area contributed by atoms with Gasteiger partial charge in [0.05, 0.1) is 0 Å². The van der Waals surface area contributed by atoms with Crippen molar-refractivity contribution < 1.29 is 19.5 Å². The number of aliphatic carboxylic acids is 1. The van der Waals surface area contributed by atoms with Gasteiger partial charge in [-0.05, 0) is 20.8 Å². The maximum absolute atomic E-state index is 12.2. The van der Waals surface area contributed by atoms with Crippen LogP contribution in [0, 0.1) is 0 Å². The fourth-order valence-corrected chi connectivity index (χ4v) is 1.35. The van der Waals surface area contributed by atoms with Crippen LogP contribution in [0.4, 0.5) is 4.79 Å². The molecule has 0 aromatic rings. The topological polar surface area (TPSA) is 81.2 Å². The summed E-state index contributed by atoms with van der Waals surface area (Å²) in [5.41, 5.74) is -0.634. The van der Waals surface area contributed by atoms with Gasteiger partial charge in [0, 0.05) is 26.7 Å². The lowest BCUT2D eigenvalue weighted by Gasteiger charge is -2.37. The highest BCUT2D eigenvalue weighted by molar-refractivity contribution is 5.85. The van der Waals surface area contributed by atoms with E-state index < -0.39 is 24.1 Å². The van der Waals surface area contributed by atoms with Crippen molar-refractivity contribution in [2.75, 3.05) is 34.2 Å². The monoisotopic (exact) mass is 273 g/mol. The molecule has 1 N–H and O–H groups in total. The molecule has 0 saturated heterocycles. The van der Waals surface area contributed by atoms with Crippen molar-refractivity contribution in [1.29, 1.82) is 0 Å². The van der Waals surface area contributed by atoms with E-state index in [9.17, 15) is 14.4 Å². The number of carbonyl (C=O) groups excluding carboxylic acids is 2. The molecular weight excluding hydrogens is 250 g/mol. The molecule has 0 spiro atoms. The molecule has 0 aromatic carbocycles. The maximum atomic E-state index is 12.2. The van der Waals surface area contributed by atoms with Gasteiger partial charge in [-0.2, -0.15) is 0 Å². The average molecular weight is 273 g/mol. The van der Waals surface area contributed by atoms with E-state index >= 15 is 0 Å². The minimum atomic E-state index is -1.09. The van der Waals surface area contributed by atoms with Crippen molar-refractivity contribution in [1.82, 2.24) is 14.7 Å². The Morgan fingerprint density at radius 1 is 1.00 bits per heavy atom. The fraction of sp³-hybridized carbons (Fsp3) is 0.750. The first-order valence-corrected chi connectivity index (χ1v) is 5.91. The smallest absolute Gasteiger partial charge is 0.323 e. The molecule has 0 aromatic heterocycles. The number of carboxylic acids is 1. The van der Waals surface area contributed by atoms with Crippen LogP contribution in [0.1, 0.15) is 20.8 Å². The number of likely N-dealkylation sites (N-methyl/N-ethyl adjacent to an activating group) is 2. The third-order valence-electron chi connectivity index (χ3n) is 2.53. The quantitative estimate of drug-likeness (QED) is 0.799. The van der Waals surface area contributed by atoms with Crippen molar-refractivity contribution in [3.63, 3.8) is 0 Å². The van der Waals surface area contributed by atoms with Crippen LogP contribution < -0.4 is 0 Å². The maximum Gasteiger partial charge on any atom is 0.323 e. The van der Waals surface area contributed by atoms with E-state index in [0.29, 0.717) is 0 Å². The Balaban J connectivity index is 4.90. The van der Waals surface area contributed by atoms with E-state index in [0.717, 1.165) is 0 Å². The standard InChI is InChI=1S/C12H23N3O4/c1-12(2,3)15(8-10(17)18)11(19)14(6)7-9(16)13(4)5/h7-8H2,1-6H3,(H,17,18). The fourth-order valence-electron chi connectivity index (χ4n) is 1.35. The summed E-state index contributed by atoms with van der Waals surface area (Å²) < 4.78 is 0. The van der Waals surface area contributed by atoms with Gasteiger partial charge < -0.3 is 19.8 Å². The molecule has 0 saturated carbocycles. The second kappa shape index (κ2) is 6.40. The highest BCUT2D eigenvalue weighted by Crippen LogP contribution is 2.15. The number of carbonyl (C=O) groups is 3. The van der Waals surface area contributed by atoms with E-state index in [2.05, 4.69) is 0 Å². The van der Waals surface area contributed by atoms with Crippen LogP contribution in [0.25, 0.3) is 0 Å². The van der Waals surface area contributed by atoms with Crippen LogP contribution in [0.2, 0.25) is 0 Å². The molecule has 0 aliphatic rings. The second-order valence-electron chi connectivity index (χ2n) is 5.58. The van der Waals surface area contributed by atoms with Crippen LogP contribution >= 0.6 is 0 Å². The summed E-state index contributed by atoms with van der Waals surface area (Å²) in [6.07, 6.45) is 0. The van der Waals surface area contributed by atoms with Gasteiger partial charge >= 0.3 is 12.0 Å². The first kappa shape index (κ1) is 17.2. The molecule has 110 valence electrons. The summed E-state index contributed by atoms with van der Waals surface area (Å²) in [7, 11) is 4.67. The normalized spacial score (nSPS) is 10.8. The molecular formula is C12H23N3O4. The first-order valence-electron chi connectivity index (χ1n) is 5.91. The third kappa shape index (κ3) is 5.58. The largest absolute Gasteiger partial charge is 0.480 e. The highest BCUT2D eigenvalue weighted by atomic mass is 16.4. The molecule has 0 aliphatic heterocycles. The summed E-state index contributed by atoms with van der Waals surface area (Å²) in [6, 6.07) is -0.481. The number of hydrogen-bond donors (Lipinski definition) is 1. The van der Waals surface area contributed by atoms with Crippen molar-refractivity contribution in [3.05, 3.63) is 0 Å². The molecule has 0 unspecified atom stereocenters. The van der Waals surface area contributed by atoms with E-state index in [1.54, 1.807) is 34.9 Å². The number of nitrogens with zero attached hydrogens (tertiary/aromatic N) is 3. The molecule has 0 bridgehead atoms. The van der Waals surface area contributed by atoms with Gasteiger partial charge in [0.15, 0.2) is 0 Å². The van der Waals surface area contributed by atoms with Crippen molar-refractivity contribution in [3.8, 4) is 0 Å². The molecule has 0 fully saturated rings. The summed E-state index contributed by atoms with van der Waals surface area (Å²) in [5.74, 6) is -1.31. The Morgan fingerprint density at radius 2 is 1.47 bits per heavy atom. The number of hydrogen-bond acceptors (Lipinski definition) is 3. The lowest BCUT2D eigenvalue weighted by Crippen LogP contribution is -2.54. The zero-order chi connectivity index (χ0) is 15.4. The van der Waals surface area contributed by atoms with Crippen molar-refractivity contribution >= 4 is 17.9 Å². The lowest BCUT2D eigenvalue weighted by atomic mass is 10.1. The zero-order valence-electron chi connectivity index (χ0n) is 12.4. The summed E-state index contributed by atoms with van der Waals surface area (Å²) in [6.45, 7) is 4.75. The van der Waals surface area contributed by atoms with Crippen LogP contribution in [0.15, 0.2) is 0 Å². The summed E-state index contributed by atoms with van der Waals surface area (Å²) in [5, 5.41) is 8.86. The van der Waals surface area contributed by atoms with Gasteiger partial charge in [-0.25, -0.2) is 4.79 Å².